The molecule has 0 aromatic heterocycles. The molecule has 0 fully saturated rings. The minimum atomic E-state index is -2.20. The number of ether oxygens (including phenoxy) is 1. The maximum absolute atomic E-state index is 13.1. The number of hydrogen-bond acceptors (Lipinski definition) is 6. The Hall–Kier alpha value is -6.14. The van der Waals surface area contributed by atoms with Crippen LogP contribution in [0.25, 0.3) is 11.1 Å². The number of rotatable bonds is 20. The lowest BCUT2D eigenvalue weighted by Gasteiger charge is -2.30. The van der Waals surface area contributed by atoms with Crippen molar-refractivity contribution < 1.29 is 33.0 Å². The second-order valence-corrected chi connectivity index (χ2v) is 26.6. The molecule has 7 aromatic carbocycles. The Morgan fingerprint density at radius 3 is 1.38 bits per heavy atom. The quantitative estimate of drug-likeness (QED) is 0.0580. The van der Waals surface area contributed by atoms with Crippen molar-refractivity contribution in [3.8, 4) is 16.9 Å². The predicted octanol–water partition coefficient (Wildman–Crippen LogP) is 9.65. The number of benzene rings is 7. The highest BCUT2D eigenvalue weighted by atomic mass is 31.2. The van der Waals surface area contributed by atoms with E-state index in [4.69, 9.17) is 18.3 Å². The Morgan fingerprint density at radius 2 is 0.969 bits per heavy atom. The maximum Gasteiger partial charge on any atom is 0.407 e. The van der Waals surface area contributed by atoms with Crippen LogP contribution in [-0.4, -0.2) is 59.2 Å². The Balaban J connectivity index is 0.940. The molecule has 1 amide bonds. The van der Waals surface area contributed by atoms with Crippen molar-refractivity contribution in [2.45, 2.75) is 43.6 Å². The molecule has 8 nitrogen and oxygen atoms in total. The minimum absolute atomic E-state index is 0.0476. The van der Waals surface area contributed by atoms with Crippen LogP contribution in [0.5, 0.6) is 5.75 Å². The molecule has 11 heteroatoms. The molecule has 8 rings (SSSR count). The van der Waals surface area contributed by atoms with Gasteiger partial charge in [0.1, 0.15) is 34.5 Å². The Labute approximate surface area is 385 Å². The number of carbonyl (C=O) groups is 2. The van der Waals surface area contributed by atoms with Gasteiger partial charge in [-0.25, -0.2) is 9.59 Å². The highest BCUT2D eigenvalue weighted by Gasteiger charge is 2.35. The summed E-state index contributed by atoms with van der Waals surface area (Å²) in [5.74, 6) is -0.762. The third-order valence-electron chi connectivity index (χ3n) is 12.7. The van der Waals surface area contributed by atoms with Crippen molar-refractivity contribution in [3.63, 3.8) is 0 Å². The molecular formula is C54H54NO7PSi2. The van der Waals surface area contributed by atoms with Crippen LogP contribution >= 0.6 is 8.60 Å². The number of hydrogen-bond donors (Lipinski definition) is 2. The van der Waals surface area contributed by atoms with Crippen molar-refractivity contribution in [2.24, 2.45) is 0 Å². The Morgan fingerprint density at radius 1 is 0.569 bits per heavy atom. The van der Waals surface area contributed by atoms with E-state index in [0.29, 0.717) is 24.5 Å². The largest absolute Gasteiger partial charge is 0.480 e. The first kappa shape index (κ1) is 45.4. The van der Waals surface area contributed by atoms with Crippen LogP contribution < -0.4 is 30.6 Å². The number of amides is 1. The lowest BCUT2D eigenvalue weighted by Crippen LogP contribution is -2.56. The Bertz CT molecular complexity index is 2420. The number of aliphatic carboxylic acids is 1. The van der Waals surface area contributed by atoms with Gasteiger partial charge in [0.05, 0.1) is 13.2 Å². The molecule has 0 saturated carbocycles. The molecule has 0 unspecified atom stereocenters. The van der Waals surface area contributed by atoms with Crippen molar-refractivity contribution >= 4 is 57.6 Å². The number of fused-ring (bicyclic) bond motifs is 3. The summed E-state index contributed by atoms with van der Waals surface area (Å²) in [6.07, 6.45) is -0.733. The van der Waals surface area contributed by atoms with E-state index in [2.05, 4.69) is 152 Å². The SMILES string of the molecule is C[Si](CCOP(OCC[Si](C)(c1ccccc1)c1ccccc1)Oc1ccc(C[C@H](NC(=O)OCC2c3ccccc3-c3ccccc32)C(=O)O)cc1)(c1ccccc1)c1ccccc1. The van der Waals surface area contributed by atoms with Crippen LogP contribution in [0.4, 0.5) is 4.79 Å². The topological polar surface area (TPSA) is 103 Å². The van der Waals surface area contributed by atoms with Gasteiger partial charge in [0, 0.05) is 12.3 Å². The van der Waals surface area contributed by atoms with Gasteiger partial charge >= 0.3 is 20.7 Å². The fourth-order valence-electron chi connectivity index (χ4n) is 8.86. The van der Waals surface area contributed by atoms with Gasteiger partial charge in [-0.3, -0.25) is 0 Å². The van der Waals surface area contributed by atoms with E-state index in [1.807, 2.05) is 48.5 Å². The molecule has 0 spiro atoms. The van der Waals surface area contributed by atoms with E-state index in [0.717, 1.165) is 34.3 Å². The van der Waals surface area contributed by atoms with Gasteiger partial charge in [-0.05, 0) is 52.0 Å². The highest BCUT2D eigenvalue weighted by molar-refractivity contribution is 7.42. The Kier molecular flexibility index (Phi) is 14.8. The maximum atomic E-state index is 13.1. The van der Waals surface area contributed by atoms with Crippen LogP contribution in [0.15, 0.2) is 194 Å². The van der Waals surface area contributed by atoms with E-state index in [1.165, 1.54) is 20.7 Å². The summed E-state index contributed by atoms with van der Waals surface area (Å²) in [5, 5.41) is 18.0. The molecule has 1 aliphatic rings. The summed E-state index contributed by atoms with van der Waals surface area (Å²) in [4.78, 5) is 25.5. The molecular weight excluding hydrogens is 862 g/mol. The van der Waals surface area contributed by atoms with Crippen molar-refractivity contribution in [2.75, 3.05) is 19.8 Å². The zero-order chi connectivity index (χ0) is 45.1. The summed E-state index contributed by atoms with van der Waals surface area (Å²) >= 11 is 0. The number of carboxylic acids is 1. The minimum Gasteiger partial charge on any atom is -0.480 e. The van der Waals surface area contributed by atoms with E-state index in [9.17, 15) is 14.7 Å². The molecule has 0 bridgehead atoms. The first-order chi connectivity index (χ1) is 31.7. The number of nitrogens with one attached hydrogen (secondary N) is 1. The number of carboxylic acid groups (broad SMARTS) is 1. The van der Waals surface area contributed by atoms with E-state index in [1.54, 1.807) is 12.1 Å². The average molecular weight is 916 g/mol. The molecule has 0 saturated heterocycles. The van der Waals surface area contributed by atoms with Gasteiger partial charge in [0.25, 0.3) is 0 Å². The molecule has 330 valence electrons. The molecule has 1 atom stereocenters. The van der Waals surface area contributed by atoms with Crippen LogP contribution in [0.1, 0.15) is 22.6 Å². The molecule has 0 radical (unpaired) electrons. The van der Waals surface area contributed by atoms with Crippen molar-refractivity contribution in [1.82, 2.24) is 5.32 Å². The van der Waals surface area contributed by atoms with Crippen molar-refractivity contribution in [1.29, 1.82) is 0 Å². The normalized spacial score (nSPS) is 12.8. The van der Waals surface area contributed by atoms with Crippen LogP contribution in [0.2, 0.25) is 25.2 Å². The van der Waals surface area contributed by atoms with E-state index in [-0.39, 0.29) is 18.9 Å². The molecule has 0 aliphatic heterocycles. The summed E-state index contributed by atoms with van der Waals surface area (Å²) in [7, 11) is -6.23. The molecule has 65 heavy (non-hydrogen) atoms. The molecule has 7 aromatic rings. The zero-order valence-corrected chi connectivity index (χ0v) is 39.6. The van der Waals surface area contributed by atoms with Crippen LogP contribution in [0.3, 0.4) is 0 Å². The van der Waals surface area contributed by atoms with E-state index >= 15 is 0 Å². The first-order valence-electron chi connectivity index (χ1n) is 22.1. The van der Waals surface area contributed by atoms with Crippen LogP contribution in [0, 0.1) is 0 Å². The second kappa shape index (κ2) is 21.2. The fourth-order valence-corrected chi connectivity index (χ4v) is 16.7. The third-order valence-corrected chi connectivity index (χ3v) is 22.7. The van der Waals surface area contributed by atoms with Gasteiger partial charge in [0.2, 0.25) is 0 Å². The summed E-state index contributed by atoms with van der Waals surface area (Å²) in [5.41, 5.74) is 5.10. The second-order valence-electron chi connectivity index (χ2n) is 16.8. The first-order valence-corrected chi connectivity index (χ1v) is 28.6. The monoisotopic (exact) mass is 915 g/mol. The number of alkyl carbamates (subject to hydrolysis) is 1. The average Bonchev–Trinajstić information content (AvgIpc) is 3.67. The van der Waals surface area contributed by atoms with Gasteiger partial charge in [-0.2, -0.15) is 0 Å². The smallest absolute Gasteiger partial charge is 0.407 e. The van der Waals surface area contributed by atoms with Crippen LogP contribution in [-0.2, 0) is 25.0 Å². The summed E-state index contributed by atoms with van der Waals surface area (Å²) in [6.45, 7) is 5.72. The zero-order valence-electron chi connectivity index (χ0n) is 36.7. The predicted molar refractivity (Wildman–Crippen MR) is 266 cm³/mol. The van der Waals surface area contributed by atoms with Gasteiger partial charge in [-0.15, -0.1) is 0 Å². The molecule has 2 N–H and O–H groups in total. The van der Waals surface area contributed by atoms with Gasteiger partial charge in [-0.1, -0.05) is 216 Å². The number of carbonyl (C=O) groups excluding carboxylic acids is 1. The lowest BCUT2D eigenvalue weighted by atomic mass is 9.98. The standard InChI is InChI=1S/C54H54NO7PSi2/c1-64(43-19-7-3-8-20-43,44-21-9-4-10-22-44)37-35-60-63(61-36-38-65(2,45-23-11-5-12-24-45)46-25-13-6-14-26-46)62-42-33-31-41(32-34-42)39-52(53(56)57)55-54(58)59-40-51-49-29-17-15-27-47(49)48-28-16-18-30-50(48)51/h3-34,51-52H,35-40H2,1-2H3,(H,55,58)(H,56,57)/t52-/m0/s1. The molecule has 1 aliphatic carbocycles. The third kappa shape index (κ3) is 10.9. The fraction of sp³-hybridized carbons (Fsp3) is 0.185. The highest BCUT2D eigenvalue weighted by Crippen LogP contribution is 2.45. The van der Waals surface area contributed by atoms with Gasteiger partial charge < -0.3 is 28.7 Å². The summed E-state index contributed by atoms with van der Waals surface area (Å²) in [6, 6.07) is 66.6. The van der Waals surface area contributed by atoms with Gasteiger partial charge in [0.15, 0.2) is 0 Å². The lowest BCUT2D eigenvalue weighted by molar-refractivity contribution is -0.139. The molecule has 0 heterocycles. The summed E-state index contributed by atoms with van der Waals surface area (Å²) < 4.78 is 25.4. The van der Waals surface area contributed by atoms with E-state index < -0.39 is 42.9 Å². The van der Waals surface area contributed by atoms with Crippen molar-refractivity contribution in [3.05, 3.63) is 211 Å².